The Hall–Kier alpha value is -2.21. The number of nitrogens with zero attached hydrogens (tertiary/aromatic N) is 1. The Kier molecular flexibility index (Phi) is 3.91. The summed E-state index contributed by atoms with van der Waals surface area (Å²) in [6.45, 7) is 0.0418. The third-order valence-corrected chi connectivity index (χ3v) is 2.90. The van der Waals surface area contributed by atoms with Crippen LogP contribution in [0.25, 0.3) is 10.9 Å². The second-order valence-electron chi connectivity index (χ2n) is 3.86. The maximum atomic E-state index is 11.2. The van der Waals surface area contributed by atoms with E-state index in [4.69, 9.17) is 18.0 Å². The molecule has 0 aliphatic rings. The number of rotatable bonds is 4. The molecule has 1 heterocycles. The SMILES string of the molecule is COC(=O)CNc1c(C(N)=S)cnc2ccccc12. The van der Waals surface area contributed by atoms with Crippen molar-refractivity contribution >= 4 is 39.8 Å². The highest BCUT2D eigenvalue weighted by atomic mass is 32.1. The first-order chi connectivity index (χ1) is 9.13. The van der Waals surface area contributed by atoms with Crippen LogP contribution < -0.4 is 11.1 Å². The van der Waals surface area contributed by atoms with Gasteiger partial charge >= 0.3 is 5.97 Å². The van der Waals surface area contributed by atoms with Crippen molar-refractivity contribution in [1.29, 1.82) is 0 Å². The van der Waals surface area contributed by atoms with Crippen molar-refractivity contribution in [3.63, 3.8) is 0 Å². The molecule has 2 rings (SSSR count). The molecule has 3 N–H and O–H groups in total. The summed E-state index contributed by atoms with van der Waals surface area (Å²) in [5.74, 6) is -0.366. The molecule has 2 aromatic rings. The van der Waals surface area contributed by atoms with Gasteiger partial charge in [0, 0.05) is 11.6 Å². The summed E-state index contributed by atoms with van der Waals surface area (Å²) in [5.41, 5.74) is 7.79. The minimum absolute atomic E-state index is 0.0418. The number of methoxy groups -OCH3 is 1. The van der Waals surface area contributed by atoms with Gasteiger partial charge in [0.25, 0.3) is 0 Å². The van der Waals surface area contributed by atoms with Crippen molar-refractivity contribution in [2.75, 3.05) is 19.0 Å². The van der Waals surface area contributed by atoms with Gasteiger partial charge in [-0.05, 0) is 6.07 Å². The number of esters is 1. The Bertz CT molecular complexity index is 643. The lowest BCUT2D eigenvalue weighted by molar-refractivity contribution is -0.138. The van der Waals surface area contributed by atoms with E-state index < -0.39 is 0 Å². The predicted molar refractivity (Wildman–Crippen MR) is 78.1 cm³/mol. The van der Waals surface area contributed by atoms with Gasteiger partial charge in [-0.2, -0.15) is 0 Å². The smallest absolute Gasteiger partial charge is 0.325 e. The van der Waals surface area contributed by atoms with Crippen LogP contribution in [0.4, 0.5) is 5.69 Å². The minimum atomic E-state index is -0.366. The van der Waals surface area contributed by atoms with E-state index in [-0.39, 0.29) is 17.5 Å². The van der Waals surface area contributed by atoms with Crippen LogP contribution >= 0.6 is 12.2 Å². The first-order valence-corrected chi connectivity index (χ1v) is 6.02. The lowest BCUT2D eigenvalue weighted by Crippen LogP contribution is -2.19. The van der Waals surface area contributed by atoms with Gasteiger partial charge in [-0.1, -0.05) is 30.4 Å². The molecule has 0 aliphatic heterocycles. The molecule has 0 amide bonds. The second-order valence-corrected chi connectivity index (χ2v) is 4.30. The van der Waals surface area contributed by atoms with E-state index in [1.807, 2.05) is 24.3 Å². The molecule has 0 saturated carbocycles. The number of hydrogen-bond acceptors (Lipinski definition) is 5. The molecule has 0 fully saturated rings. The quantitative estimate of drug-likeness (QED) is 0.649. The van der Waals surface area contributed by atoms with Gasteiger partial charge in [-0.15, -0.1) is 0 Å². The summed E-state index contributed by atoms with van der Waals surface area (Å²) >= 11 is 5.00. The third-order valence-electron chi connectivity index (χ3n) is 2.68. The third kappa shape index (κ3) is 2.79. The number of para-hydroxylation sites is 1. The maximum absolute atomic E-state index is 11.2. The molecule has 5 nitrogen and oxygen atoms in total. The van der Waals surface area contributed by atoms with Gasteiger partial charge in [0.1, 0.15) is 11.5 Å². The Morgan fingerprint density at radius 3 is 2.89 bits per heavy atom. The first-order valence-electron chi connectivity index (χ1n) is 5.61. The van der Waals surface area contributed by atoms with Crippen molar-refractivity contribution in [3.05, 3.63) is 36.0 Å². The number of hydrogen-bond donors (Lipinski definition) is 2. The first kappa shape index (κ1) is 13.2. The fourth-order valence-corrected chi connectivity index (χ4v) is 1.91. The van der Waals surface area contributed by atoms with Crippen LogP contribution in [0, 0.1) is 0 Å². The van der Waals surface area contributed by atoms with Gasteiger partial charge < -0.3 is 15.8 Å². The number of ether oxygens (including phenoxy) is 1. The van der Waals surface area contributed by atoms with Crippen molar-refractivity contribution in [1.82, 2.24) is 4.98 Å². The van der Waals surface area contributed by atoms with Crippen LogP contribution in [0.2, 0.25) is 0 Å². The monoisotopic (exact) mass is 275 g/mol. The Balaban J connectivity index is 2.49. The molecule has 0 unspecified atom stereocenters. The highest BCUT2D eigenvalue weighted by molar-refractivity contribution is 7.80. The number of pyridine rings is 1. The van der Waals surface area contributed by atoms with Crippen molar-refractivity contribution in [2.45, 2.75) is 0 Å². The highest BCUT2D eigenvalue weighted by Gasteiger charge is 2.11. The Labute approximate surface area is 115 Å². The van der Waals surface area contributed by atoms with Crippen molar-refractivity contribution in [3.8, 4) is 0 Å². The average molecular weight is 275 g/mol. The summed E-state index contributed by atoms with van der Waals surface area (Å²) in [5, 5.41) is 3.86. The molecule has 0 atom stereocenters. The molecule has 1 aromatic heterocycles. The molecular weight excluding hydrogens is 262 g/mol. The van der Waals surface area contributed by atoms with Gasteiger partial charge in [0.15, 0.2) is 0 Å². The summed E-state index contributed by atoms with van der Waals surface area (Å²) in [7, 11) is 1.34. The number of aromatic nitrogens is 1. The van der Waals surface area contributed by atoms with E-state index in [0.29, 0.717) is 11.3 Å². The summed E-state index contributed by atoms with van der Waals surface area (Å²) in [6, 6.07) is 7.54. The number of anilines is 1. The normalized spacial score (nSPS) is 10.2. The molecule has 0 spiro atoms. The second kappa shape index (κ2) is 5.62. The van der Waals surface area contributed by atoms with E-state index >= 15 is 0 Å². The number of carbonyl (C=O) groups excluding carboxylic acids is 1. The van der Waals surface area contributed by atoms with Crippen molar-refractivity contribution < 1.29 is 9.53 Å². The lowest BCUT2D eigenvalue weighted by Gasteiger charge is -2.13. The van der Waals surface area contributed by atoms with Gasteiger partial charge in [0.2, 0.25) is 0 Å². The van der Waals surface area contributed by atoms with E-state index in [2.05, 4.69) is 15.0 Å². The zero-order chi connectivity index (χ0) is 13.8. The van der Waals surface area contributed by atoms with Crippen LogP contribution in [0.5, 0.6) is 0 Å². The molecule has 0 saturated heterocycles. The lowest BCUT2D eigenvalue weighted by atomic mass is 10.1. The van der Waals surface area contributed by atoms with Crippen LogP contribution in [0.3, 0.4) is 0 Å². The molecule has 19 heavy (non-hydrogen) atoms. The van der Waals surface area contributed by atoms with Crippen LogP contribution in [0.15, 0.2) is 30.5 Å². The molecule has 0 radical (unpaired) electrons. The number of thiocarbonyl (C=S) groups is 1. The Morgan fingerprint density at radius 1 is 1.47 bits per heavy atom. The zero-order valence-corrected chi connectivity index (χ0v) is 11.2. The molecule has 1 aromatic carbocycles. The largest absolute Gasteiger partial charge is 0.468 e. The van der Waals surface area contributed by atoms with Crippen LogP contribution in [-0.2, 0) is 9.53 Å². The number of nitrogens with one attached hydrogen (secondary N) is 1. The number of fused-ring (bicyclic) bond motifs is 1. The van der Waals surface area contributed by atoms with E-state index in [9.17, 15) is 4.79 Å². The molecule has 98 valence electrons. The summed E-state index contributed by atoms with van der Waals surface area (Å²) in [6.07, 6.45) is 1.60. The predicted octanol–water partition coefficient (Wildman–Crippen LogP) is 1.45. The van der Waals surface area contributed by atoms with E-state index in [1.54, 1.807) is 6.20 Å². The summed E-state index contributed by atoms with van der Waals surface area (Å²) in [4.78, 5) is 15.8. The number of carbonyl (C=O) groups is 1. The fraction of sp³-hybridized carbons (Fsp3) is 0.154. The van der Waals surface area contributed by atoms with Crippen molar-refractivity contribution in [2.24, 2.45) is 5.73 Å². The van der Waals surface area contributed by atoms with Gasteiger partial charge in [0.05, 0.1) is 23.9 Å². The van der Waals surface area contributed by atoms with Gasteiger partial charge in [-0.3, -0.25) is 9.78 Å². The Morgan fingerprint density at radius 2 is 2.21 bits per heavy atom. The standard InChI is InChI=1S/C13H13N3O2S/c1-18-11(17)7-16-12-8-4-2-3-5-10(8)15-6-9(12)13(14)19/h2-6H,7H2,1H3,(H2,14,19)(H,15,16). The van der Waals surface area contributed by atoms with E-state index in [1.165, 1.54) is 7.11 Å². The maximum Gasteiger partial charge on any atom is 0.325 e. The molecule has 0 aliphatic carbocycles. The molecule has 0 bridgehead atoms. The number of nitrogens with two attached hydrogens (primary N) is 1. The zero-order valence-electron chi connectivity index (χ0n) is 10.3. The van der Waals surface area contributed by atoms with E-state index in [0.717, 1.165) is 10.9 Å². The highest BCUT2D eigenvalue weighted by Crippen LogP contribution is 2.25. The number of benzene rings is 1. The fourth-order valence-electron chi connectivity index (χ4n) is 1.75. The van der Waals surface area contributed by atoms with Crippen LogP contribution in [0.1, 0.15) is 5.56 Å². The van der Waals surface area contributed by atoms with Crippen LogP contribution in [-0.4, -0.2) is 29.6 Å². The molecule has 6 heteroatoms. The minimum Gasteiger partial charge on any atom is -0.468 e. The van der Waals surface area contributed by atoms with Gasteiger partial charge in [-0.25, -0.2) is 0 Å². The topological polar surface area (TPSA) is 77.2 Å². The molecular formula is C13H13N3O2S. The average Bonchev–Trinajstić information content (AvgIpc) is 2.43. The summed E-state index contributed by atoms with van der Waals surface area (Å²) < 4.78 is 4.60.